The van der Waals surface area contributed by atoms with E-state index in [-0.39, 0.29) is 0 Å². The van der Waals surface area contributed by atoms with Crippen molar-refractivity contribution in [1.29, 1.82) is 0 Å². The van der Waals surface area contributed by atoms with Gasteiger partial charge in [0.05, 0.1) is 17.6 Å². The van der Waals surface area contributed by atoms with E-state index in [0.717, 1.165) is 22.3 Å². The number of hydrogen-bond donors (Lipinski definition) is 1. The Bertz CT molecular complexity index is 814. The number of rotatable bonds is 2. The van der Waals surface area contributed by atoms with Crippen LogP contribution in [-0.2, 0) is 0 Å². The maximum atomic E-state index is 13.3. The van der Waals surface area contributed by atoms with Crippen LogP contribution in [-0.4, -0.2) is 9.78 Å². The molecule has 0 saturated carbocycles. The monoisotopic (exact) mass is 349 g/mol. The molecule has 2 aromatic carbocycles. The summed E-state index contributed by atoms with van der Waals surface area (Å²) in [4.78, 5) is 0. The van der Waals surface area contributed by atoms with Crippen LogP contribution in [0.1, 0.15) is 0 Å². The van der Waals surface area contributed by atoms with E-state index in [0.29, 0.717) is 16.9 Å². The van der Waals surface area contributed by atoms with Gasteiger partial charge in [0.1, 0.15) is 5.69 Å². The average Bonchev–Trinajstić information content (AvgIpc) is 2.84. The van der Waals surface area contributed by atoms with Crippen LogP contribution in [0.4, 0.5) is 14.5 Å². The van der Waals surface area contributed by atoms with Crippen molar-refractivity contribution in [2.75, 3.05) is 5.73 Å². The molecule has 0 fully saturated rings. The molecule has 0 aliphatic heterocycles. The minimum absolute atomic E-state index is 0.390. The van der Waals surface area contributed by atoms with Gasteiger partial charge in [-0.25, -0.2) is 13.5 Å². The van der Waals surface area contributed by atoms with Gasteiger partial charge in [-0.3, -0.25) is 0 Å². The molecule has 2 N–H and O–H groups in total. The Morgan fingerprint density at radius 3 is 2.57 bits per heavy atom. The van der Waals surface area contributed by atoms with Crippen LogP contribution in [0.15, 0.2) is 53.1 Å². The van der Waals surface area contributed by atoms with E-state index in [1.54, 1.807) is 10.9 Å². The van der Waals surface area contributed by atoms with E-state index in [4.69, 9.17) is 5.73 Å². The summed E-state index contributed by atoms with van der Waals surface area (Å²) in [6.45, 7) is 0. The summed E-state index contributed by atoms with van der Waals surface area (Å²) < 4.78 is 28.8. The standard InChI is InChI=1S/C15H10BrF2N3/c16-10-2-1-3-11(7-10)21-8-14(19)15(20-21)9-4-5-12(17)13(18)6-9/h1-8H,19H2. The molecule has 3 rings (SSSR count). The first kappa shape index (κ1) is 13.8. The first-order valence-electron chi connectivity index (χ1n) is 6.11. The molecule has 1 heterocycles. The third kappa shape index (κ3) is 2.67. The summed E-state index contributed by atoms with van der Waals surface area (Å²) in [5.74, 6) is -1.83. The molecule has 106 valence electrons. The van der Waals surface area contributed by atoms with Crippen molar-refractivity contribution in [3.05, 3.63) is 64.8 Å². The van der Waals surface area contributed by atoms with Crippen LogP contribution in [0.3, 0.4) is 0 Å². The normalized spacial score (nSPS) is 10.8. The molecule has 6 heteroatoms. The predicted molar refractivity (Wildman–Crippen MR) is 81.0 cm³/mol. The number of nitrogens with zero attached hydrogens (tertiary/aromatic N) is 2. The molecule has 0 spiro atoms. The van der Waals surface area contributed by atoms with Gasteiger partial charge < -0.3 is 5.73 Å². The molecule has 0 unspecified atom stereocenters. The second kappa shape index (κ2) is 5.29. The molecule has 3 nitrogen and oxygen atoms in total. The maximum absolute atomic E-state index is 13.3. The molecule has 0 radical (unpaired) electrons. The third-order valence-electron chi connectivity index (χ3n) is 3.01. The number of nitrogens with two attached hydrogens (primary N) is 1. The lowest BCUT2D eigenvalue weighted by Crippen LogP contribution is -1.95. The molecule has 0 bridgehead atoms. The van der Waals surface area contributed by atoms with Crippen molar-refractivity contribution in [2.45, 2.75) is 0 Å². The van der Waals surface area contributed by atoms with Gasteiger partial charge in [0.25, 0.3) is 0 Å². The minimum atomic E-state index is -0.927. The zero-order valence-corrected chi connectivity index (χ0v) is 12.3. The summed E-state index contributed by atoms with van der Waals surface area (Å²) in [5, 5.41) is 4.34. The summed E-state index contributed by atoms with van der Waals surface area (Å²) in [6, 6.07) is 11.1. The largest absolute Gasteiger partial charge is 0.396 e. The Kier molecular flexibility index (Phi) is 3.47. The molecule has 0 saturated heterocycles. The highest BCUT2D eigenvalue weighted by atomic mass is 79.9. The first-order valence-corrected chi connectivity index (χ1v) is 6.90. The fourth-order valence-electron chi connectivity index (χ4n) is 2.01. The van der Waals surface area contributed by atoms with Crippen LogP contribution >= 0.6 is 15.9 Å². The van der Waals surface area contributed by atoms with Gasteiger partial charge in [-0.1, -0.05) is 22.0 Å². The fourth-order valence-corrected chi connectivity index (χ4v) is 2.39. The summed E-state index contributed by atoms with van der Waals surface area (Å²) in [5.41, 5.74) is 7.97. The Labute approximate surface area is 128 Å². The molecule has 3 aromatic rings. The summed E-state index contributed by atoms with van der Waals surface area (Å²) >= 11 is 3.38. The van der Waals surface area contributed by atoms with Crippen molar-refractivity contribution >= 4 is 21.6 Å². The molecule has 0 amide bonds. The molecule has 1 aromatic heterocycles. The molecule has 0 aliphatic carbocycles. The second-order valence-electron chi connectivity index (χ2n) is 4.49. The Morgan fingerprint density at radius 1 is 1.05 bits per heavy atom. The van der Waals surface area contributed by atoms with Gasteiger partial charge in [0.2, 0.25) is 0 Å². The van der Waals surface area contributed by atoms with E-state index >= 15 is 0 Å². The van der Waals surface area contributed by atoms with E-state index < -0.39 is 11.6 Å². The van der Waals surface area contributed by atoms with Crippen molar-refractivity contribution in [1.82, 2.24) is 9.78 Å². The molecule has 0 atom stereocenters. The number of aromatic nitrogens is 2. The van der Waals surface area contributed by atoms with Gasteiger partial charge in [-0.05, 0) is 36.4 Å². The predicted octanol–water partition coefficient (Wildman–Crippen LogP) is 4.16. The first-order chi connectivity index (χ1) is 10.0. The Hall–Kier alpha value is -2.21. The van der Waals surface area contributed by atoms with Crippen molar-refractivity contribution in [3.63, 3.8) is 0 Å². The molecular formula is C15H10BrF2N3. The topological polar surface area (TPSA) is 43.8 Å². The summed E-state index contributed by atoms with van der Waals surface area (Å²) in [7, 11) is 0. The van der Waals surface area contributed by atoms with Crippen LogP contribution < -0.4 is 5.73 Å². The van der Waals surface area contributed by atoms with Gasteiger partial charge in [0.15, 0.2) is 11.6 Å². The average molecular weight is 350 g/mol. The van der Waals surface area contributed by atoms with Crippen LogP contribution in [0.5, 0.6) is 0 Å². The number of nitrogen functional groups attached to an aromatic ring is 1. The number of benzene rings is 2. The van der Waals surface area contributed by atoms with Gasteiger partial charge in [-0.15, -0.1) is 0 Å². The number of hydrogen-bond acceptors (Lipinski definition) is 2. The SMILES string of the molecule is Nc1cn(-c2cccc(Br)c2)nc1-c1ccc(F)c(F)c1. The lowest BCUT2D eigenvalue weighted by atomic mass is 10.1. The van der Waals surface area contributed by atoms with E-state index in [1.807, 2.05) is 24.3 Å². The Balaban J connectivity index is 2.07. The van der Waals surface area contributed by atoms with Crippen molar-refractivity contribution in [3.8, 4) is 16.9 Å². The number of anilines is 1. The van der Waals surface area contributed by atoms with Crippen LogP contribution in [0.25, 0.3) is 16.9 Å². The highest BCUT2D eigenvalue weighted by Gasteiger charge is 2.12. The maximum Gasteiger partial charge on any atom is 0.159 e. The highest BCUT2D eigenvalue weighted by Crippen LogP contribution is 2.27. The summed E-state index contributed by atoms with van der Waals surface area (Å²) in [6.07, 6.45) is 1.64. The number of halogens is 3. The van der Waals surface area contributed by atoms with E-state index in [1.165, 1.54) is 6.07 Å². The lowest BCUT2D eigenvalue weighted by molar-refractivity contribution is 0.509. The fraction of sp³-hybridized carbons (Fsp3) is 0. The van der Waals surface area contributed by atoms with Crippen molar-refractivity contribution in [2.24, 2.45) is 0 Å². The molecular weight excluding hydrogens is 340 g/mol. The zero-order chi connectivity index (χ0) is 15.0. The highest BCUT2D eigenvalue weighted by molar-refractivity contribution is 9.10. The molecule has 0 aliphatic rings. The third-order valence-corrected chi connectivity index (χ3v) is 3.50. The van der Waals surface area contributed by atoms with Crippen LogP contribution in [0.2, 0.25) is 0 Å². The van der Waals surface area contributed by atoms with Crippen molar-refractivity contribution < 1.29 is 8.78 Å². The lowest BCUT2D eigenvalue weighted by Gasteiger charge is -2.02. The van der Waals surface area contributed by atoms with Gasteiger partial charge in [0, 0.05) is 10.0 Å². The Morgan fingerprint density at radius 2 is 1.86 bits per heavy atom. The van der Waals surface area contributed by atoms with Gasteiger partial charge >= 0.3 is 0 Å². The quantitative estimate of drug-likeness (QED) is 0.754. The molecule has 21 heavy (non-hydrogen) atoms. The smallest absolute Gasteiger partial charge is 0.159 e. The zero-order valence-electron chi connectivity index (χ0n) is 10.7. The van der Waals surface area contributed by atoms with Crippen LogP contribution in [0, 0.1) is 11.6 Å². The van der Waals surface area contributed by atoms with Gasteiger partial charge in [-0.2, -0.15) is 5.10 Å². The van der Waals surface area contributed by atoms with E-state index in [2.05, 4.69) is 21.0 Å². The second-order valence-corrected chi connectivity index (χ2v) is 5.40. The minimum Gasteiger partial charge on any atom is -0.396 e. The van der Waals surface area contributed by atoms with E-state index in [9.17, 15) is 8.78 Å².